The van der Waals surface area contributed by atoms with Crippen LogP contribution in [0, 0.1) is 0 Å². The Morgan fingerprint density at radius 1 is 1.42 bits per heavy atom. The summed E-state index contributed by atoms with van der Waals surface area (Å²) in [5, 5.41) is 11.7. The quantitative estimate of drug-likeness (QED) is 0.628. The van der Waals surface area contributed by atoms with Crippen LogP contribution in [0.5, 0.6) is 0 Å². The lowest BCUT2D eigenvalue weighted by Crippen LogP contribution is -2.44. The van der Waals surface area contributed by atoms with E-state index in [0.717, 1.165) is 26.4 Å². The second-order valence-electron chi connectivity index (χ2n) is 4.47. The zero-order valence-corrected chi connectivity index (χ0v) is 11.1. The molecule has 1 aliphatic heterocycles. The number of carbonyl (C=O) groups is 3. The van der Waals surface area contributed by atoms with Gasteiger partial charge in [-0.25, -0.2) is 4.79 Å². The predicted molar refractivity (Wildman–Crippen MR) is 66.1 cm³/mol. The fraction of sp³-hybridized carbons (Fsp3) is 0.750. The zero-order valence-electron chi connectivity index (χ0n) is 11.1. The highest BCUT2D eigenvalue weighted by Crippen LogP contribution is 2.10. The van der Waals surface area contributed by atoms with Crippen molar-refractivity contribution >= 4 is 17.8 Å². The summed E-state index contributed by atoms with van der Waals surface area (Å²) in [6, 6.07) is 0. The number of esters is 1. The maximum atomic E-state index is 11.7. The van der Waals surface area contributed by atoms with Gasteiger partial charge in [-0.2, -0.15) is 0 Å². The third kappa shape index (κ3) is 5.25. The third-order valence-corrected chi connectivity index (χ3v) is 2.97. The number of amides is 2. The number of nitrogens with one attached hydrogen (secondary N) is 1. The predicted octanol–water partition coefficient (Wildman–Crippen LogP) is -0.961. The van der Waals surface area contributed by atoms with Crippen molar-refractivity contribution in [1.82, 2.24) is 10.2 Å². The molecule has 0 spiro atoms. The van der Waals surface area contributed by atoms with E-state index in [1.165, 1.54) is 4.90 Å². The number of hydrogen-bond donors (Lipinski definition) is 2. The topological polar surface area (TPSA) is 95.9 Å². The molecule has 7 heteroatoms. The van der Waals surface area contributed by atoms with Gasteiger partial charge >= 0.3 is 5.97 Å². The van der Waals surface area contributed by atoms with Crippen molar-refractivity contribution in [1.29, 1.82) is 0 Å². The summed E-state index contributed by atoms with van der Waals surface area (Å²) in [5.41, 5.74) is 0. The monoisotopic (exact) mass is 272 g/mol. The van der Waals surface area contributed by atoms with E-state index >= 15 is 0 Å². The van der Waals surface area contributed by atoms with Crippen LogP contribution in [0.3, 0.4) is 0 Å². The molecule has 7 nitrogen and oxygen atoms in total. The molecule has 2 amide bonds. The SMILES string of the molecule is COC(=O)C(O)CNC(=O)CN1CCCCCC1=O. The van der Waals surface area contributed by atoms with Crippen LogP contribution in [0.25, 0.3) is 0 Å². The number of rotatable bonds is 5. The Bertz CT molecular complexity index is 345. The molecule has 0 aromatic carbocycles. The van der Waals surface area contributed by atoms with Gasteiger partial charge in [-0.05, 0) is 12.8 Å². The fourth-order valence-electron chi connectivity index (χ4n) is 1.86. The van der Waals surface area contributed by atoms with Crippen molar-refractivity contribution in [2.75, 3.05) is 26.7 Å². The average molecular weight is 272 g/mol. The number of likely N-dealkylation sites (tertiary alicyclic amines) is 1. The molecule has 0 saturated carbocycles. The van der Waals surface area contributed by atoms with Crippen LogP contribution in [0.4, 0.5) is 0 Å². The number of hydrogen-bond acceptors (Lipinski definition) is 5. The van der Waals surface area contributed by atoms with Gasteiger partial charge in [-0.1, -0.05) is 6.42 Å². The average Bonchev–Trinajstić information content (AvgIpc) is 2.60. The minimum absolute atomic E-state index is 0.0267. The van der Waals surface area contributed by atoms with Crippen LogP contribution in [-0.4, -0.2) is 60.6 Å². The molecule has 19 heavy (non-hydrogen) atoms. The van der Waals surface area contributed by atoms with E-state index in [0.29, 0.717) is 13.0 Å². The Labute approximate surface area is 111 Å². The Balaban J connectivity index is 2.33. The van der Waals surface area contributed by atoms with Crippen LogP contribution in [0.2, 0.25) is 0 Å². The van der Waals surface area contributed by atoms with Crippen molar-refractivity contribution < 1.29 is 24.2 Å². The van der Waals surface area contributed by atoms with Crippen LogP contribution in [-0.2, 0) is 19.1 Å². The largest absolute Gasteiger partial charge is 0.467 e. The highest BCUT2D eigenvalue weighted by Gasteiger charge is 2.20. The third-order valence-electron chi connectivity index (χ3n) is 2.97. The molecule has 1 aliphatic rings. The maximum absolute atomic E-state index is 11.7. The summed E-state index contributed by atoms with van der Waals surface area (Å²) >= 11 is 0. The summed E-state index contributed by atoms with van der Waals surface area (Å²) in [5.74, 6) is -1.22. The molecule has 1 rings (SSSR count). The van der Waals surface area contributed by atoms with Gasteiger partial charge in [-0.15, -0.1) is 0 Å². The fourth-order valence-corrected chi connectivity index (χ4v) is 1.86. The van der Waals surface area contributed by atoms with Crippen molar-refractivity contribution in [3.63, 3.8) is 0 Å². The van der Waals surface area contributed by atoms with Gasteiger partial charge in [0.1, 0.15) is 0 Å². The van der Waals surface area contributed by atoms with E-state index < -0.39 is 18.0 Å². The van der Waals surface area contributed by atoms with Crippen LogP contribution >= 0.6 is 0 Å². The van der Waals surface area contributed by atoms with Crippen LogP contribution in [0.1, 0.15) is 25.7 Å². The lowest BCUT2D eigenvalue weighted by Gasteiger charge is -2.20. The first-order chi connectivity index (χ1) is 9.04. The lowest BCUT2D eigenvalue weighted by molar-refractivity contribution is -0.150. The van der Waals surface area contributed by atoms with Crippen molar-refractivity contribution in [2.45, 2.75) is 31.8 Å². The van der Waals surface area contributed by atoms with Crippen molar-refractivity contribution in [2.24, 2.45) is 0 Å². The molecule has 0 aromatic heterocycles. The van der Waals surface area contributed by atoms with E-state index in [4.69, 9.17) is 0 Å². The molecule has 0 radical (unpaired) electrons. The maximum Gasteiger partial charge on any atom is 0.336 e. The molecule has 0 bridgehead atoms. The first-order valence-corrected chi connectivity index (χ1v) is 6.35. The highest BCUT2D eigenvalue weighted by molar-refractivity contribution is 5.85. The Morgan fingerprint density at radius 3 is 2.84 bits per heavy atom. The van der Waals surface area contributed by atoms with Gasteiger partial charge in [0.2, 0.25) is 11.8 Å². The standard InChI is InChI=1S/C12H20N2O5/c1-19-12(18)9(15)7-13-10(16)8-14-6-4-2-3-5-11(14)17/h9,15H,2-8H2,1H3,(H,13,16). The van der Waals surface area contributed by atoms with E-state index in [-0.39, 0.29) is 19.0 Å². The normalized spacial score (nSPS) is 17.6. The minimum atomic E-state index is -1.38. The first-order valence-electron chi connectivity index (χ1n) is 6.35. The molecule has 1 atom stereocenters. The Hall–Kier alpha value is -1.63. The molecule has 0 aliphatic carbocycles. The second kappa shape index (κ2) is 7.73. The summed E-state index contributed by atoms with van der Waals surface area (Å²) in [6.07, 6.45) is 1.83. The molecule has 2 N–H and O–H groups in total. The smallest absolute Gasteiger partial charge is 0.336 e. The summed E-state index contributed by atoms with van der Waals surface area (Å²) in [6.45, 7) is 0.325. The number of ether oxygens (including phenoxy) is 1. The number of methoxy groups -OCH3 is 1. The molecule has 1 fully saturated rings. The Kier molecular flexibility index (Phi) is 6.27. The van der Waals surface area contributed by atoms with E-state index in [9.17, 15) is 19.5 Å². The van der Waals surface area contributed by atoms with Crippen molar-refractivity contribution in [3.8, 4) is 0 Å². The molecule has 108 valence electrons. The first kappa shape index (κ1) is 15.4. The number of aliphatic hydroxyl groups is 1. The Morgan fingerprint density at radius 2 is 2.16 bits per heavy atom. The molecular weight excluding hydrogens is 252 g/mol. The van der Waals surface area contributed by atoms with Crippen LogP contribution in [0.15, 0.2) is 0 Å². The summed E-state index contributed by atoms with van der Waals surface area (Å²) in [4.78, 5) is 35.7. The number of aliphatic hydroxyl groups excluding tert-OH is 1. The summed E-state index contributed by atoms with van der Waals surface area (Å²) < 4.78 is 4.32. The van der Waals surface area contributed by atoms with Gasteiger partial charge < -0.3 is 20.1 Å². The molecular formula is C12H20N2O5. The number of nitrogens with zero attached hydrogens (tertiary/aromatic N) is 1. The lowest BCUT2D eigenvalue weighted by atomic mass is 10.2. The number of carbonyl (C=O) groups excluding carboxylic acids is 3. The zero-order chi connectivity index (χ0) is 14.3. The van der Waals surface area contributed by atoms with Gasteiger partial charge in [0.05, 0.1) is 20.2 Å². The van der Waals surface area contributed by atoms with Crippen molar-refractivity contribution in [3.05, 3.63) is 0 Å². The van der Waals surface area contributed by atoms with E-state index in [1.54, 1.807) is 0 Å². The van der Waals surface area contributed by atoms with Gasteiger partial charge in [0.15, 0.2) is 6.10 Å². The highest BCUT2D eigenvalue weighted by atomic mass is 16.5. The van der Waals surface area contributed by atoms with E-state index in [1.807, 2.05) is 0 Å². The molecule has 0 aromatic rings. The second-order valence-corrected chi connectivity index (χ2v) is 4.47. The molecule has 1 heterocycles. The van der Waals surface area contributed by atoms with Crippen LogP contribution < -0.4 is 5.32 Å². The van der Waals surface area contributed by atoms with Gasteiger partial charge in [0.25, 0.3) is 0 Å². The molecule has 1 saturated heterocycles. The molecule has 1 unspecified atom stereocenters. The minimum Gasteiger partial charge on any atom is -0.467 e. The van der Waals surface area contributed by atoms with E-state index in [2.05, 4.69) is 10.1 Å². The van der Waals surface area contributed by atoms with Gasteiger partial charge in [-0.3, -0.25) is 9.59 Å². The summed E-state index contributed by atoms with van der Waals surface area (Å²) in [7, 11) is 1.16. The van der Waals surface area contributed by atoms with Gasteiger partial charge in [0, 0.05) is 13.0 Å².